The van der Waals surface area contributed by atoms with Gasteiger partial charge < -0.3 is 10.2 Å². The maximum absolute atomic E-state index is 11.9. The molecule has 1 heterocycles. The first-order valence-electron chi connectivity index (χ1n) is 5.47. The molecule has 0 atom stereocenters. The summed E-state index contributed by atoms with van der Waals surface area (Å²) in [4.78, 5) is 13.8. The van der Waals surface area contributed by atoms with Crippen molar-refractivity contribution in [3.8, 4) is 0 Å². The van der Waals surface area contributed by atoms with Crippen LogP contribution in [0.4, 0.5) is 0 Å². The molecule has 3 heteroatoms. The normalized spacial score (nSPS) is 26.5. The van der Waals surface area contributed by atoms with Gasteiger partial charge in [0.25, 0.3) is 0 Å². The predicted molar refractivity (Wildman–Crippen MR) is 55.9 cm³/mol. The van der Waals surface area contributed by atoms with Gasteiger partial charge in [0.2, 0.25) is 5.91 Å². The highest BCUT2D eigenvalue weighted by Gasteiger charge is 2.41. The molecule has 0 bridgehead atoms. The van der Waals surface area contributed by atoms with E-state index >= 15 is 0 Å². The van der Waals surface area contributed by atoms with Crippen molar-refractivity contribution in [2.75, 3.05) is 20.1 Å². The lowest BCUT2D eigenvalue weighted by molar-refractivity contribution is -0.141. The second-order valence-electron chi connectivity index (χ2n) is 5.53. The summed E-state index contributed by atoms with van der Waals surface area (Å²) >= 11 is 0. The van der Waals surface area contributed by atoms with Crippen molar-refractivity contribution in [2.24, 2.45) is 11.3 Å². The van der Waals surface area contributed by atoms with Gasteiger partial charge in [0.1, 0.15) is 0 Å². The van der Waals surface area contributed by atoms with E-state index in [1.165, 1.54) is 0 Å². The van der Waals surface area contributed by atoms with Crippen molar-refractivity contribution in [1.29, 1.82) is 0 Å². The first kappa shape index (κ1) is 9.97. The van der Waals surface area contributed by atoms with E-state index in [1.807, 2.05) is 11.9 Å². The largest absolute Gasteiger partial charge is 0.342 e. The van der Waals surface area contributed by atoms with Gasteiger partial charge in [-0.1, -0.05) is 13.8 Å². The molecule has 1 saturated heterocycles. The Labute approximate surface area is 85.8 Å². The number of carbonyl (C=O) groups excluding carboxylic acids is 1. The smallest absolute Gasteiger partial charge is 0.228 e. The topological polar surface area (TPSA) is 32.3 Å². The van der Waals surface area contributed by atoms with Crippen molar-refractivity contribution < 1.29 is 4.79 Å². The standard InChI is InChI=1S/C11H20N2O/c1-11(2)4-9(5-11)13(3)10(14)8-6-12-7-8/h8-9,12H,4-7H2,1-3H3. The average Bonchev–Trinajstić information content (AvgIpc) is 1.95. The minimum Gasteiger partial charge on any atom is -0.342 e. The Bertz CT molecular complexity index is 238. The van der Waals surface area contributed by atoms with Gasteiger partial charge in [-0.05, 0) is 18.3 Å². The summed E-state index contributed by atoms with van der Waals surface area (Å²) in [6, 6.07) is 0.498. The zero-order valence-electron chi connectivity index (χ0n) is 9.34. The molecule has 2 fully saturated rings. The number of hydrogen-bond acceptors (Lipinski definition) is 2. The maximum Gasteiger partial charge on any atom is 0.228 e. The van der Waals surface area contributed by atoms with Crippen LogP contribution in [0.2, 0.25) is 0 Å². The quantitative estimate of drug-likeness (QED) is 0.710. The van der Waals surface area contributed by atoms with Crippen molar-refractivity contribution in [1.82, 2.24) is 10.2 Å². The lowest BCUT2D eigenvalue weighted by atomic mass is 9.68. The molecule has 1 aliphatic heterocycles. The van der Waals surface area contributed by atoms with Crippen molar-refractivity contribution in [2.45, 2.75) is 32.7 Å². The van der Waals surface area contributed by atoms with Crippen LogP contribution in [0, 0.1) is 11.3 Å². The molecule has 0 radical (unpaired) electrons. The second kappa shape index (κ2) is 3.23. The summed E-state index contributed by atoms with van der Waals surface area (Å²) in [6.07, 6.45) is 2.32. The summed E-state index contributed by atoms with van der Waals surface area (Å²) in [5.41, 5.74) is 0.455. The van der Waals surface area contributed by atoms with Crippen LogP contribution in [-0.2, 0) is 4.79 Å². The summed E-state index contributed by atoms with van der Waals surface area (Å²) in [5.74, 6) is 0.591. The van der Waals surface area contributed by atoms with Crippen LogP contribution < -0.4 is 5.32 Å². The van der Waals surface area contributed by atoms with Crippen LogP contribution in [0.1, 0.15) is 26.7 Å². The summed E-state index contributed by atoms with van der Waals surface area (Å²) in [5, 5.41) is 3.14. The van der Waals surface area contributed by atoms with Crippen LogP contribution in [0.5, 0.6) is 0 Å². The fraction of sp³-hybridized carbons (Fsp3) is 0.909. The number of rotatable bonds is 2. The summed E-state index contributed by atoms with van der Waals surface area (Å²) < 4.78 is 0. The maximum atomic E-state index is 11.9. The van der Waals surface area contributed by atoms with Crippen LogP contribution in [0.15, 0.2) is 0 Å². The van der Waals surface area contributed by atoms with Crippen LogP contribution in [0.3, 0.4) is 0 Å². The Hall–Kier alpha value is -0.570. The molecule has 0 aromatic carbocycles. The fourth-order valence-corrected chi connectivity index (χ4v) is 2.42. The Morgan fingerprint density at radius 2 is 1.93 bits per heavy atom. The number of nitrogens with one attached hydrogen (secondary N) is 1. The minimum absolute atomic E-state index is 0.253. The van der Waals surface area contributed by atoms with Crippen molar-refractivity contribution >= 4 is 5.91 Å². The Kier molecular flexibility index (Phi) is 2.30. The van der Waals surface area contributed by atoms with Gasteiger partial charge in [-0.15, -0.1) is 0 Å². The van der Waals surface area contributed by atoms with Gasteiger partial charge in [-0.2, -0.15) is 0 Å². The van der Waals surface area contributed by atoms with E-state index < -0.39 is 0 Å². The van der Waals surface area contributed by atoms with Crippen LogP contribution in [-0.4, -0.2) is 37.0 Å². The van der Waals surface area contributed by atoms with Gasteiger partial charge in [-0.25, -0.2) is 0 Å². The van der Waals surface area contributed by atoms with E-state index in [4.69, 9.17) is 0 Å². The molecule has 2 rings (SSSR count). The number of amides is 1. The third-order valence-corrected chi connectivity index (χ3v) is 3.60. The van der Waals surface area contributed by atoms with Crippen LogP contribution in [0.25, 0.3) is 0 Å². The van der Waals surface area contributed by atoms with Gasteiger partial charge in [0.05, 0.1) is 5.92 Å². The molecule has 0 unspecified atom stereocenters. The van der Waals surface area contributed by atoms with E-state index in [9.17, 15) is 4.79 Å². The number of carbonyl (C=O) groups is 1. The fourth-order valence-electron chi connectivity index (χ4n) is 2.42. The highest BCUT2D eigenvalue weighted by Crippen LogP contribution is 2.42. The van der Waals surface area contributed by atoms with Gasteiger partial charge in [0, 0.05) is 26.2 Å². The van der Waals surface area contributed by atoms with E-state index in [0.717, 1.165) is 25.9 Å². The molecule has 0 aromatic rings. The Morgan fingerprint density at radius 1 is 1.36 bits per heavy atom. The second-order valence-corrected chi connectivity index (χ2v) is 5.53. The van der Waals surface area contributed by atoms with E-state index in [2.05, 4.69) is 19.2 Å². The lowest BCUT2D eigenvalue weighted by Gasteiger charge is -2.48. The monoisotopic (exact) mass is 196 g/mol. The van der Waals surface area contributed by atoms with Crippen molar-refractivity contribution in [3.05, 3.63) is 0 Å². The molecule has 1 amide bonds. The van der Waals surface area contributed by atoms with Crippen molar-refractivity contribution in [3.63, 3.8) is 0 Å². The number of hydrogen-bond donors (Lipinski definition) is 1. The van der Waals surface area contributed by atoms with Gasteiger partial charge in [-0.3, -0.25) is 4.79 Å². The molecule has 14 heavy (non-hydrogen) atoms. The summed E-state index contributed by atoms with van der Waals surface area (Å²) in [7, 11) is 1.96. The minimum atomic E-state index is 0.253. The van der Waals surface area contributed by atoms with E-state index in [0.29, 0.717) is 17.4 Å². The SMILES string of the molecule is CN(C(=O)C1CNC1)C1CC(C)(C)C1. The molecule has 0 aromatic heterocycles. The lowest BCUT2D eigenvalue weighted by Crippen LogP contribution is -2.56. The molecule has 2 aliphatic rings. The third kappa shape index (κ3) is 1.65. The molecular formula is C11H20N2O. The Balaban J connectivity index is 1.83. The Morgan fingerprint density at radius 3 is 2.29 bits per heavy atom. The molecule has 3 nitrogen and oxygen atoms in total. The molecular weight excluding hydrogens is 176 g/mol. The van der Waals surface area contributed by atoms with Gasteiger partial charge >= 0.3 is 0 Å². The number of nitrogens with zero attached hydrogens (tertiary/aromatic N) is 1. The molecule has 1 N–H and O–H groups in total. The predicted octanol–water partition coefficient (Wildman–Crippen LogP) is 0.853. The molecule has 80 valence electrons. The molecule has 1 saturated carbocycles. The van der Waals surface area contributed by atoms with E-state index in [-0.39, 0.29) is 5.92 Å². The first-order chi connectivity index (χ1) is 6.49. The average molecular weight is 196 g/mol. The molecule has 0 spiro atoms. The third-order valence-electron chi connectivity index (χ3n) is 3.60. The zero-order valence-corrected chi connectivity index (χ0v) is 9.34. The van der Waals surface area contributed by atoms with Gasteiger partial charge in [0.15, 0.2) is 0 Å². The molecule has 1 aliphatic carbocycles. The highest BCUT2D eigenvalue weighted by atomic mass is 16.2. The van der Waals surface area contributed by atoms with Crippen LogP contribution >= 0.6 is 0 Å². The highest BCUT2D eigenvalue weighted by molar-refractivity contribution is 5.80. The van der Waals surface area contributed by atoms with E-state index in [1.54, 1.807) is 0 Å². The summed E-state index contributed by atoms with van der Waals surface area (Å²) in [6.45, 7) is 6.29. The first-order valence-corrected chi connectivity index (χ1v) is 5.47. The zero-order chi connectivity index (χ0) is 10.3.